The lowest BCUT2D eigenvalue weighted by atomic mass is 10.2. The van der Waals surface area contributed by atoms with E-state index >= 15 is 0 Å². The maximum atomic E-state index is 12.7. The Morgan fingerprint density at radius 2 is 2.15 bits per heavy atom. The molecule has 0 spiro atoms. The van der Waals surface area contributed by atoms with Crippen molar-refractivity contribution in [1.82, 2.24) is 4.98 Å². The molecule has 0 aliphatic rings. The predicted octanol–water partition coefficient (Wildman–Crippen LogP) is 2.30. The number of hydrogen-bond donors (Lipinski definition) is 1. The van der Waals surface area contributed by atoms with Crippen LogP contribution in [-0.4, -0.2) is 10.1 Å². The van der Waals surface area contributed by atoms with Gasteiger partial charge in [0.05, 0.1) is 17.8 Å². The molecular formula is C7H5ClF3NO. The molecule has 2 nitrogen and oxygen atoms in total. The largest absolute Gasteiger partial charge is 0.392 e. The summed E-state index contributed by atoms with van der Waals surface area (Å²) in [7, 11) is 0. The summed E-state index contributed by atoms with van der Waals surface area (Å²) in [5.41, 5.74) is -1.07. The Balaban J connectivity index is 3.27. The van der Waals surface area contributed by atoms with Crippen molar-refractivity contribution in [2.75, 3.05) is 0 Å². The van der Waals surface area contributed by atoms with Crippen molar-refractivity contribution in [3.05, 3.63) is 28.3 Å². The van der Waals surface area contributed by atoms with Crippen LogP contribution in [0.5, 0.6) is 0 Å². The second kappa shape index (κ2) is 3.93. The molecule has 0 aliphatic carbocycles. The van der Waals surface area contributed by atoms with E-state index in [-0.39, 0.29) is 5.56 Å². The Bertz CT molecular complexity index is 319. The van der Waals surface area contributed by atoms with E-state index < -0.39 is 29.6 Å². The molecule has 0 saturated carbocycles. The molecule has 0 bridgehead atoms. The summed E-state index contributed by atoms with van der Waals surface area (Å²) in [6.45, 7) is -0.729. The van der Waals surface area contributed by atoms with Crippen LogP contribution in [0.3, 0.4) is 0 Å². The fraction of sp³-hybridized carbons (Fsp3) is 0.286. The van der Waals surface area contributed by atoms with Gasteiger partial charge in [0.2, 0.25) is 0 Å². The van der Waals surface area contributed by atoms with E-state index in [2.05, 4.69) is 4.98 Å². The SMILES string of the molecule is OCc1c(F)cnc(C(F)F)c1Cl. The van der Waals surface area contributed by atoms with E-state index in [4.69, 9.17) is 16.7 Å². The first kappa shape index (κ1) is 10.3. The molecule has 1 N–H and O–H groups in total. The van der Waals surface area contributed by atoms with Gasteiger partial charge in [0.1, 0.15) is 11.5 Å². The highest BCUT2D eigenvalue weighted by molar-refractivity contribution is 6.32. The van der Waals surface area contributed by atoms with Crippen LogP contribution in [0.4, 0.5) is 13.2 Å². The summed E-state index contributed by atoms with van der Waals surface area (Å²) in [4.78, 5) is 3.12. The van der Waals surface area contributed by atoms with E-state index in [1.165, 1.54) is 0 Å². The fourth-order valence-corrected chi connectivity index (χ4v) is 1.10. The van der Waals surface area contributed by atoms with Crippen molar-refractivity contribution >= 4 is 11.6 Å². The molecule has 0 unspecified atom stereocenters. The van der Waals surface area contributed by atoms with Gasteiger partial charge < -0.3 is 5.11 Å². The van der Waals surface area contributed by atoms with E-state index in [9.17, 15) is 13.2 Å². The first-order valence-corrected chi connectivity index (χ1v) is 3.67. The molecule has 0 fully saturated rings. The lowest BCUT2D eigenvalue weighted by Gasteiger charge is -2.06. The second-order valence-electron chi connectivity index (χ2n) is 2.24. The number of aliphatic hydroxyl groups excluding tert-OH is 1. The Labute approximate surface area is 77.0 Å². The monoisotopic (exact) mass is 211 g/mol. The highest BCUT2D eigenvalue weighted by Gasteiger charge is 2.18. The Morgan fingerprint density at radius 3 is 2.62 bits per heavy atom. The van der Waals surface area contributed by atoms with Gasteiger partial charge in [0.25, 0.3) is 6.43 Å². The lowest BCUT2D eigenvalue weighted by molar-refractivity contribution is 0.145. The number of aromatic nitrogens is 1. The van der Waals surface area contributed by atoms with Crippen molar-refractivity contribution < 1.29 is 18.3 Å². The predicted molar refractivity (Wildman–Crippen MR) is 40.1 cm³/mol. The van der Waals surface area contributed by atoms with Crippen molar-refractivity contribution in [3.63, 3.8) is 0 Å². The molecule has 1 aromatic rings. The maximum Gasteiger partial charge on any atom is 0.281 e. The van der Waals surface area contributed by atoms with Crippen LogP contribution < -0.4 is 0 Å². The van der Waals surface area contributed by atoms with Gasteiger partial charge in [-0.2, -0.15) is 0 Å². The van der Waals surface area contributed by atoms with Gasteiger partial charge in [-0.25, -0.2) is 13.2 Å². The first-order valence-electron chi connectivity index (χ1n) is 3.29. The van der Waals surface area contributed by atoms with Crippen molar-refractivity contribution in [2.24, 2.45) is 0 Å². The summed E-state index contributed by atoms with van der Waals surface area (Å²) < 4.78 is 37.0. The van der Waals surface area contributed by atoms with Crippen LogP contribution in [-0.2, 0) is 6.61 Å². The van der Waals surface area contributed by atoms with Crippen LogP contribution >= 0.6 is 11.6 Å². The molecule has 0 amide bonds. The van der Waals surface area contributed by atoms with Gasteiger partial charge >= 0.3 is 0 Å². The highest BCUT2D eigenvalue weighted by Crippen LogP contribution is 2.28. The molecule has 0 saturated heterocycles. The molecule has 1 heterocycles. The van der Waals surface area contributed by atoms with E-state index in [1.54, 1.807) is 0 Å². The smallest absolute Gasteiger partial charge is 0.281 e. The molecule has 13 heavy (non-hydrogen) atoms. The van der Waals surface area contributed by atoms with Gasteiger partial charge in [0, 0.05) is 5.56 Å². The summed E-state index contributed by atoms with van der Waals surface area (Å²) in [5.74, 6) is -0.892. The molecule has 0 aliphatic heterocycles. The summed E-state index contributed by atoms with van der Waals surface area (Å²) in [6, 6.07) is 0. The zero-order valence-electron chi connectivity index (χ0n) is 6.27. The van der Waals surface area contributed by atoms with Gasteiger partial charge in [-0.05, 0) is 0 Å². The van der Waals surface area contributed by atoms with E-state index in [0.29, 0.717) is 6.20 Å². The number of alkyl halides is 2. The van der Waals surface area contributed by atoms with Crippen molar-refractivity contribution in [1.29, 1.82) is 0 Å². The number of aliphatic hydroxyl groups is 1. The minimum absolute atomic E-state index is 0.355. The van der Waals surface area contributed by atoms with Gasteiger partial charge in [-0.3, -0.25) is 4.98 Å². The Hall–Kier alpha value is -0.810. The van der Waals surface area contributed by atoms with Gasteiger partial charge in [-0.1, -0.05) is 11.6 Å². The lowest BCUT2D eigenvalue weighted by Crippen LogP contribution is -1.99. The van der Waals surface area contributed by atoms with Crippen molar-refractivity contribution in [2.45, 2.75) is 13.0 Å². The number of pyridine rings is 1. The van der Waals surface area contributed by atoms with Crippen LogP contribution in [0.15, 0.2) is 6.20 Å². The number of halogens is 4. The standard InChI is InChI=1S/C7H5ClF3NO/c8-5-3(2-13)4(9)1-12-6(5)7(10)11/h1,7,13H,2H2. The second-order valence-corrected chi connectivity index (χ2v) is 2.62. The summed E-state index contributed by atoms with van der Waals surface area (Å²) >= 11 is 5.37. The fourth-order valence-electron chi connectivity index (χ4n) is 0.817. The molecule has 0 aromatic carbocycles. The van der Waals surface area contributed by atoms with E-state index in [0.717, 1.165) is 0 Å². The Morgan fingerprint density at radius 1 is 1.54 bits per heavy atom. The third kappa shape index (κ3) is 1.92. The first-order chi connectivity index (χ1) is 6.07. The third-order valence-electron chi connectivity index (χ3n) is 1.46. The minimum atomic E-state index is -2.88. The van der Waals surface area contributed by atoms with Crippen LogP contribution in [0, 0.1) is 5.82 Å². The molecule has 6 heteroatoms. The maximum absolute atomic E-state index is 12.7. The number of rotatable bonds is 2. The average Bonchev–Trinajstić information content (AvgIpc) is 2.04. The molecule has 1 rings (SSSR count). The zero-order chi connectivity index (χ0) is 10.0. The minimum Gasteiger partial charge on any atom is -0.392 e. The molecule has 72 valence electrons. The summed E-state index contributed by atoms with van der Waals surface area (Å²) in [5, 5.41) is 8.09. The molecular weight excluding hydrogens is 207 g/mol. The molecule has 0 radical (unpaired) electrons. The Kier molecular flexibility index (Phi) is 3.11. The van der Waals surface area contributed by atoms with E-state index in [1.807, 2.05) is 0 Å². The number of nitrogens with zero attached hydrogens (tertiary/aromatic N) is 1. The topological polar surface area (TPSA) is 33.1 Å². The van der Waals surface area contributed by atoms with Gasteiger partial charge in [-0.15, -0.1) is 0 Å². The van der Waals surface area contributed by atoms with Crippen LogP contribution in [0.2, 0.25) is 5.02 Å². The zero-order valence-corrected chi connectivity index (χ0v) is 7.02. The van der Waals surface area contributed by atoms with Gasteiger partial charge in [0.15, 0.2) is 0 Å². The van der Waals surface area contributed by atoms with Crippen molar-refractivity contribution in [3.8, 4) is 0 Å². The van der Waals surface area contributed by atoms with Crippen LogP contribution in [0.1, 0.15) is 17.7 Å². The van der Waals surface area contributed by atoms with Crippen LogP contribution in [0.25, 0.3) is 0 Å². The summed E-state index contributed by atoms with van der Waals surface area (Å²) in [6.07, 6.45) is -2.27. The quantitative estimate of drug-likeness (QED) is 0.814. The molecule has 0 atom stereocenters. The normalized spacial score (nSPS) is 10.9. The molecule has 1 aromatic heterocycles. The highest BCUT2D eigenvalue weighted by atomic mass is 35.5. The average molecular weight is 212 g/mol. The third-order valence-corrected chi connectivity index (χ3v) is 1.88. The number of hydrogen-bond acceptors (Lipinski definition) is 2.